The topological polar surface area (TPSA) is 82.8 Å². The number of nitriles is 1. The van der Waals surface area contributed by atoms with Gasteiger partial charge in [-0.1, -0.05) is 12.1 Å². The molecule has 110 valence electrons. The maximum Gasteiger partial charge on any atom is 0.263 e. The third kappa shape index (κ3) is 2.66. The first-order chi connectivity index (χ1) is 10.5. The molecule has 0 fully saturated rings. The third-order valence-corrected chi connectivity index (χ3v) is 5.44. The molecule has 0 aliphatic carbocycles. The number of benzene rings is 2. The smallest absolute Gasteiger partial charge is 0.263 e. The van der Waals surface area contributed by atoms with Crippen LogP contribution in [-0.4, -0.2) is 13.4 Å². The zero-order chi connectivity index (χ0) is 15.7. The van der Waals surface area contributed by atoms with Crippen molar-refractivity contribution in [1.82, 2.24) is 4.98 Å². The molecule has 2 aromatic carbocycles. The predicted molar refractivity (Wildman–Crippen MR) is 86.3 cm³/mol. The molecule has 0 aliphatic heterocycles. The highest BCUT2D eigenvalue weighted by Crippen LogP contribution is 2.26. The molecule has 3 rings (SSSR count). The maximum atomic E-state index is 12.4. The van der Waals surface area contributed by atoms with E-state index in [4.69, 9.17) is 5.26 Å². The summed E-state index contributed by atoms with van der Waals surface area (Å²) in [6, 6.07) is 13.2. The van der Waals surface area contributed by atoms with Crippen molar-refractivity contribution in [3.63, 3.8) is 0 Å². The molecule has 3 aromatic rings. The number of sulfonamides is 1. The Balaban J connectivity index is 2.01. The number of aromatic nitrogens is 1. The molecule has 0 saturated carbocycles. The van der Waals surface area contributed by atoms with Crippen molar-refractivity contribution in [2.24, 2.45) is 0 Å². The minimum Gasteiger partial charge on any atom is -0.280 e. The largest absolute Gasteiger partial charge is 0.280 e. The lowest BCUT2D eigenvalue weighted by Gasteiger charge is -2.09. The molecule has 5 nitrogen and oxygen atoms in total. The minimum absolute atomic E-state index is 0.0351. The van der Waals surface area contributed by atoms with Gasteiger partial charge in [-0.25, -0.2) is 13.4 Å². The minimum atomic E-state index is -3.81. The van der Waals surface area contributed by atoms with Crippen LogP contribution in [0, 0.1) is 18.3 Å². The zero-order valence-electron chi connectivity index (χ0n) is 11.6. The van der Waals surface area contributed by atoms with E-state index in [0.717, 1.165) is 15.2 Å². The van der Waals surface area contributed by atoms with Crippen molar-refractivity contribution in [2.75, 3.05) is 4.72 Å². The van der Waals surface area contributed by atoms with Crippen LogP contribution in [-0.2, 0) is 10.0 Å². The fourth-order valence-corrected chi connectivity index (χ4v) is 4.13. The van der Waals surface area contributed by atoms with E-state index in [-0.39, 0.29) is 10.5 Å². The number of nitrogens with one attached hydrogen (secondary N) is 1. The molecule has 0 spiro atoms. The average molecular weight is 329 g/mol. The summed E-state index contributed by atoms with van der Waals surface area (Å²) in [7, 11) is -3.81. The predicted octanol–water partition coefficient (Wildman–Crippen LogP) is 3.28. The molecular formula is C15H11N3O2S2. The lowest BCUT2D eigenvalue weighted by atomic mass is 10.2. The van der Waals surface area contributed by atoms with Crippen LogP contribution in [0.25, 0.3) is 10.2 Å². The standard InChI is InChI=1S/C15H11N3O2S2/c1-10-17-13-8-12(6-7-14(13)21-10)18-22(19,20)15-5-3-2-4-11(15)9-16/h2-8,18H,1H3. The number of anilines is 1. The van der Waals surface area contributed by atoms with Gasteiger partial charge in [-0.2, -0.15) is 5.26 Å². The number of fused-ring (bicyclic) bond motifs is 1. The van der Waals surface area contributed by atoms with Crippen molar-refractivity contribution in [2.45, 2.75) is 11.8 Å². The van der Waals surface area contributed by atoms with E-state index in [2.05, 4.69) is 9.71 Å². The van der Waals surface area contributed by atoms with Gasteiger partial charge in [-0.3, -0.25) is 4.72 Å². The Morgan fingerprint density at radius 1 is 1.23 bits per heavy atom. The quantitative estimate of drug-likeness (QED) is 0.799. The number of aryl methyl sites for hydroxylation is 1. The van der Waals surface area contributed by atoms with Crippen LogP contribution in [0.4, 0.5) is 5.69 Å². The summed E-state index contributed by atoms with van der Waals surface area (Å²) in [5, 5.41) is 9.96. The Morgan fingerprint density at radius 2 is 2.00 bits per heavy atom. The highest BCUT2D eigenvalue weighted by atomic mass is 32.2. The molecule has 7 heteroatoms. The Kier molecular flexibility index (Phi) is 3.56. The summed E-state index contributed by atoms with van der Waals surface area (Å²) in [6.07, 6.45) is 0. The van der Waals surface area contributed by atoms with E-state index in [1.54, 1.807) is 35.6 Å². The number of nitrogens with zero attached hydrogens (tertiary/aromatic N) is 2. The van der Waals surface area contributed by atoms with Gasteiger partial charge >= 0.3 is 0 Å². The van der Waals surface area contributed by atoms with Crippen LogP contribution in [0.3, 0.4) is 0 Å². The van der Waals surface area contributed by atoms with Crippen LogP contribution >= 0.6 is 11.3 Å². The third-order valence-electron chi connectivity index (χ3n) is 3.04. The Morgan fingerprint density at radius 3 is 2.77 bits per heavy atom. The second-order valence-corrected chi connectivity index (χ2v) is 7.51. The van der Waals surface area contributed by atoms with Gasteiger partial charge in [0.2, 0.25) is 0 Å². The normalized spacial score (nSPS) is 11.3. The number of hydrogen-bond acceptors (Lipinski definition) is 5. The number of rotatable bonds is 3. The van der Waals surface area contributed by atoms with E-state index >= 15 is 0 Å². The van der Waals surface area contributed by atoms with Crippen LogP contribution in [0.1, 0.15) is 10.6 Å². The first-order valence-corrected chi connectivity index (χ1v) is 8.69. The molecule has 0 aliphatic rings. The van der Waals surface area contributed by atoms with Gasteiger partial charge in [0.1, 0.15) is 11.0 Å². The van der Waals surface area contributed by atoms with E-state index < -0.39 is 10.0 Å². The summed E-state index contributed by atoms with van der Waals surface area (Å²) in [5.41, 5.74) is 1.28. The maximum absolute atomic E-state index is 12.4. The summed E-state index contributed by atoms with van der Waals surface area (Å²) < 4.78 is 28.4. The lowest BCUT2D eigenvalue weighted by Crippen LogP contribution is -2.14. The van der Waals surface area contributed by atoms with Gasteiger partial charge in [0.15, 0.2) is 0 Å². The monoisotopic (exact) mass is 329 g/mol. The second-order valence-electron chi connectivity index (χ2n) is 4.63. The Labute approximate surface area is 131 Å². The Hall–Kier alpha value is -2.43. The van der Waals surface area contributed by atoms with Gasteiger partial charge in [0, 0.05) is 0 Å². The molecule has 0 atom stereocenters. The molecule has 0 bridgehead atoms. The van der Waals surface area contributed by atoms with Gasteiger partial charge in [0.25, 0.3) is 10.0 Å². The van der Waals surface area contributed by atoms with E-state index in [1.165, 1.54) is 12.1 Å². The molecule has 0 saturated heterocycles. The van der Waals surface area contributed by atoms with Crippen LogP contribution in [0.15, 0.2) is 47.4 Å². The van der Waals surface area contributed by atoms with E-state index in [0.29, 0.717) is 5.69 Å². The first kappa shape index (κ1) is 14.5. The number of thiazole rings is 1. The molecule has 22 heavy (non-hydrogen) atoms. The van der Waals surface area contributed by atoms with Gasteiger partial charge in [0.05, 0.1) is 26.5 Å². The van der Waals surface area contributed by atoms with Crippen molar-refractivity contribution >= 4 is 37.3 Å². The molecule has 1 aromatic heterocycles. The van der Waals surface area contributed by atoms with Crippen molar-refractivity contribution < 1.29 is 8.42 Å². The molecule has 1 heterocycles. The highest BCUT2D eigenvalue weighted by Gasteiger charge is 2.18. The Bertz CT molecular complexity index is 1000. The van der Waals surface area contributed by atoms with E-state index in [1.807, 2.05) is 19.1 Å². The van der Waals surface area contributed by atoms with E-state index in [9.17, 15) is 8.42 Å². The zero-order valence-corrected chi connectivity index (χ0v) is 13.2. The fraction of sp³-hybridized carbons (Fsp3) is 0.0667. The average Bonchev–Trinajstić information content (AvgIpc) is 2.86. The second kappa shape index (κ2) is 5.40. The van der Waals surface area contributed by atoms with Gasteiger partial charge in [-0.15, -0.1) is 11.3 Å². The SMILES string of the molecule is Cc1nc2cc(NS(=O)(=O)c3ccccc3C#N)ccc2s1. The van der Waals surface area contributed by atoms with Crippen molar-refractivity contribution in [1.29, 1.82) is 5.26 Å². The molecule has 0 unspecified atom stereocenters. The van der Waals surface area contributed by atoms with Gasteiger partial charge in [-0.05, 0) is 37.3 Å². The first-order valence-electron chi connectivity index (χ1n) is 6.39. The molecular weight excluding hydrogens is 318 g/mol. The van der Waals surface area contributed by atoms with Crippen molar-refractivity contribution in [3.8, 4) is 6.07 Å². The molecule has 0 radical (unpaired) electrons. The summed E-state index contributed by atoms with van der Waals surface area (Å²) >= 11 is 1.55. The fourth-order valence-electron chi connectivity index (χ4n) is 2.11. The molecule has 1 N–H and O–H groups in total. The van der Waals surface area contributed by atoms with Crippen LogP contribution < -0.4 is 4.72 Å². The lowest BCUT2D eigenvalue weighted by molar-refractivity contribution is 0.601. The highest BCUT2D eigenvalue weighted by molar-refractivity contribution is 7.92. The van der Waals surface area contributed by atoms with Crippen molar-refractivity contribution in [3.05, 3.63) is 53.0 Å². The number of hydrogen-bond donors (Lipinski definition) is 1. The molecule has 0 amide bonds. The van der Waals surface area contributed by atoms with Gasteiger partial charge < -0.3 is 0 Å². The van der Waals surface area contributed by atoms with Crippen LogP contribution in [0.5, 0.6) is 0 Å². The summed E-state index contributed by atoms with van der Waals surface area (Å²) in [4.78, 5) is 4.31. The summed E-state index contributed by atoms with van der Waals surface area (Å²) in [6.45, 7) is 1.90. The summed E-state index contributed by atoms with van der Waals surface area (Å²) in [5.74, 6) is 0. The van der Waals surface area contributed by atoms with Crippen LogP contribution in [0.2, 0.25) is 0 Å².